The zero-order valence-corrected chi connectivity index (χ0v) is 10.3. The summed E-state index contributed by atoms with van der Waals surface area (Å²) in [4.78, 5) is 4.41. The summed E-state index contributed by atoms with van der Waals surface area (Å²) in [5.74, 6) is 0.222. The van der Waals surface area contributed by atoms with Gasteiger partial charge in [-0.05, 0) is 42.8 Å². The van der Waals surface area contributed by atoms with Gasteiger partial charge in [0, 0.05) is 22.8 Å². The van der Waals surface area contributed by atoms with Gasteiger partial charge in [-0.2, -0.15) is 0 Å². The molecule has 2 aromatic rings. The van der Waals surface area contributed by atoms with Crippen LogP contribution in [0.5, 0.6) is 0 Å². The molecule has 0 amide bonds. The number of nitrogens with two attached hydrogens (primary N) is 1. The number of hydrogen-bond donors (Lipinski definition) is 1. The first kappa shape index (κ1) is 12.1. The Bertz CT molecular complexity index is 471. The molecule has 0 aliphatic carbocycles. The zero-order valence-electron chi connectivity index (χ0n) is 9.51. The van der Waals surface area contributed by atoms with E-state index in [-0.39, 0.29) is 5.92 Å². The van der Waals surface area contributed by atoms with E-state index in [9.17, 15) is 0 Å². The molecule has 2 nitrogen and oxygen atoms in total. The minimum atomic E-state index is 0.222. The lowest BCUT2D eigenvalue weighted by Crippen LogP contribution is -2.10. The molecule has 88 valence electrons. The maximum atomic E-state index is 6.02. The van der Waals surface area contributed by atoms with Crippen molar-refractivity contribution in [2.45, 2.75) is 12.3 Å². The molecule has 0 spiro atoms. The van der Waals surface area contributed by atoms with Gasteiger partial charge < -0.3 is 5.73 Å². The summed E-state index contributed by atoms with van der Waals surface area (Å²) in [6, 6.07) is 13.8. The summed E-state index contributed by atoms with van der Waals surface area (Å²) < 4.78 is 0. The summed E-state index contributed by atoms with van der Waals surface area (Å²) in [7, 11) is 0. The van der Waals surface area contributed by atoms with E-state index in [1.54, 1.807) is 0 Å². The largest absolute Gasteiger partial charge is 0.330 e. The molecule has 1 aromatic heterocycles. The SMILES string of the molecule is NCCC(c1cccc(Cl)c1)c1ccccn1. The number of nitrogens with zero attached hydrogens (tertiary/aromatic N) is 1. The molecule has 0 aliphatic heterocycles. The first-order valence-electron chi connectivity index (χ1n) is 5.67. The van der Waals surface area contributed by atoms with Gasteiger partial charge in [-0.1, -0.05) is 29.8 Å². The Balaban J connectivity index is 2.35. The van der Waals surface area contributed by atoms with Crippen molar-refractivity contribution in [3.8, 4) is 0 Å². The average molecular weight is 247 g/mol. The fourth-order valence-electron chi connectivity index (χ4n) is 1.96. The van der Waals surface area contributed by atoms with E-state index in [1.807, 2.05) is 42.6 Å². The fourth-order valence-corrected chi connectivity index (χ4v) is 2.16. The fraction of sp³-hybridized carbons (Fsp3) is 0.214. The first-order chi connectivity index (χ1) is 8.31. The van der Waals surface area contributed by atoms with Crippen LogP contribution in [0.15, 0.2) is 48.7 Å². The molecule has 0 aliphatic rings. The molecule has 1 atom stereocenters. The lowest BCUT2D eigenvalue weighted by atomic mass is 9.92. The second-order valence-corrected chi connectivity index (χ2v) is 4.38. The lowest BCUT2D eigenvalue weighted by Gasteiger charge is -2.16. The average Bonchev–Trinajstić information content (AvgIpc) is 2.37. The minimum absolute atomic E-state index is 0.222. The van der Waals surface area contributed by atoms with Crippen LogP contribution < -0.4 is 5.73 Å². The third kappa shape index (κ3) is 3.05. The number of aromatic nitrogens is 1. The second kappa shape index (κ2) is 5.80. The van der Waals surface area contributed by atoms with Crippen molar-refractivity contribution in [3.63, 3.8) is 0 Å². The van der Waals surface area contributed by atoms with Gasteiger partial charge in [0.1, 0.15) is 0 Å². The third-order valence-corrected chi connectivity index (χ3v) is 2.99. The molecule has 0 saturated carbocycles. The smallest absolute Gasteiger partial charge is 0.0478 e. The Morgan fingerprint density at radius 3 is 2.71 bits per heavy atom. The molecule has 2 N–H and O–H groups in total. The number of halogens is 1. The van der Waals surface area contributed by atoms with Crippen LogP contribution in [-0.2, 0) is 0 Å². The van der Waals surface area contributed by atoms with E-state index in [2.05, 4.69) is 11.1 Å². The Kier molecular flexibility index (Phi) is 4.13. The predicted octanol–water partition coefficient (Wildman–Crippen LogP) is 3.22. The molecule has 1 aromatic carbocycles. The van der Waals surface area contributed by atoms with Crippen LogP contribution in [0.2, 0.25) is 5.02 Å². The van der Waals surface area contributed by atoms with E-state index >= 15 is 0 Å². The van der Waals surface area contributed by atoms with E-state index in [4.69, 9.17) is 17.3 Å². The van der Waals surface area contributed by atoms with Gasteiger partial charge in [-0.25, -0.2) is 0 Å². The predicted molar refractivity (Wildman–Crippen MR) is 71.2 cm³/mol. The van der Waals surface area contributed by atoms with Gasteiger partial charge in [0.05, 0.1) is 0 Å². The summed E-state index contributed by atoms with van der Waals surface area (Å²) in [5, 5.41) is 0.750. The zero-order chi connectivity index (χ0) is 12.1. The molecular weight excluding hydrogens is 232 g/mol. The summed E-state index contributed by atoms with van der Waals surface area (Å²) in [6.45, 7) is 0.633. The Labute approximate surface area is 106 Å². The summed E-state index contributed by atoms with van der Waals surface area (Å²) >= 11 is 6.02. The van der Waals surface area contributed by atoms with Crippen molar-refractivity contribution < 1.29 is 0 Å². The van der Waals surface area contributed by atoms with Gasteiger partial charge in [0.15, 0.2) is 0 Å². The van der Waals surface area contributed by atoms with Crippen molar-refractivity contribution in [2.75, 3.05) is 6.54 Å². The normalized spacial score (nSPS) is 12.4. The number of benzene rings is 1. The van der Waals surface area contributed by atoms with E-state index in [1.165, 1.54) is 5.56 Å². The first-order valence-corrected chi connectivity index (χ1v) is 6.05. The van der Waals surface area contributed by atoms with Gasteiger partial charge in [-0.3, -0.25) is 4.98 Å². The second-order valence-electron chi connectivity index (χ2n) is 3.94. The maximum absolute atomic E-state index is 6.02. The molecule has 0 fully saturated rings. The minimum Gasteiger partial charge on any atom is -0.330 e. The molecule has 17 heavy (non-hydrogen) atoms. The van der Waals surface area contributed by atoms with Crippen LogP contribution in [-0.4, -0.2) is 11.5 Å². The number of rotatable bonds is 4. The van der Waals surface area contributed by atoms with Crippen LogP contribution in [0.1, 0.15) is 23.6 Å². The van der Waals surface area contributed by atoms with Gasteiger partial charge >= 0.3 is 0 Å². The molecular formula is C14H15ClN2. The Hall–Kier alpha value is -1.38. The maximum Gasteiger partial charge on any atom is 0.0478 e. The van der Waals surface area contributed by atoms with E-state index in [0.717, 1.165) is 17.1 Å². The molecule has 3 heteroatoms. The van der Waals surface area contributed by atoms with Crippen LogP contribution in [0.4, 0.5) is 0 Å². The van der Waals surface area contributed by atoms with Crippen molar-refractivity contribution in [3.05, 3.63) is 64.9 Å². The third-order valence-electron chi connectivity index (χ3n) is 2.75. The standard InChI is InChI=1S/C14H15ClN2/c15-12-5-3-4-11(10-12)13(7-8-16)14-6-1-2-9-17-14/h1-6,9-10,13H,7-8,16H2. The highest BCUT2D eigenvalue weighted by Crippen LogP contribution is 2.27. The highest BCUT2D eigenvalue weighted by molar-refractivity contribution is 6.30. The Morgan fingerprint density at radius 2 is 2.06 bits per heavy atom. The van der Waals surface area contributed by atoms with Crippen LogP contribution >= 0.6 is 11.6 Å². The monoisotopic (exact) mass is 246 g/mol. The van der Waals surface area contributed by atoms with E-state index in [0.29, 0.717) is 6.54 Å². The Morgan fingerprint density at radius 1 is 1.18 bits per heavy atom. The van der Waals surface area contributed by atoms with Gasteiger partial charge in [0.2, 0.25) is 0 Å². The van der Waals surface area contributed by atoms with Crippen molar-refractivity contribution in [2.24, 2.45) is 5.73 Å². The van der Waals surface area contributed by atoms with Crippen LogP contribution in [0.25, 0.3) is 0 Å². The highest BCUT2D eigenvalue weighted by Gasteiger charge is 2.14. The molecule has 0 saturated heterocycles. The van der Waals surface area contributed by atoms with Gasteiger partial charge in [0.25, 0.3) is 0 Å². The molecule has 1 unspecified atom stereocenters. The highest BCUT2D eigenvalue weighted by atomic mass is 35.5. The van der Waals surface area contributed by atoms with Crippen molar-refractivity contribution in [1.29, 1.82) is 0 Å². The molecule has 1 heterocycles. The van der Waals surface area contributed by atoms with Crippen LogP contribution in [0.3, 0.4) is 0 Å². The number of hydrogen-bond acceptors (Lipinski definition) is 2. The summed E-state index contributed by atoms with van der Waals surface area (Å²) in [6.07, 6.45) is 2.68. The summed E-state index contributed by atoms with van der Waals surface area (Å²) in [5.41, 5.74) is 7.89. The molecule has 0 radical (unpaired) electrons. The molecule has 0 bridgehead atoms. The lowest BCUT2D eigenvalue weighted by molar-refractivity contribution is 0.706. The van der Waals surface area contributed by atoms with Crippen LogP contribution in [0, 0.1) is 0 Å². The topological polar surface area (TPSA) is 38.9 Å². The van der Waals surface area contributed by atoms with Gasteiger partial charge in [-0.15, -0.1) is 0 Å². The quantitative estimate of drug-likeness (QED) is 0.900. The van der Waals surface area contributed by atoms with E-state index < -0.39 is 0 Å². The van der Waals surface area contributed by atoms with Crippen molar-refractivity contribution in [1.82, 2.24) is 4.98 Å². The molecule has 2 rings (SSSR count). The number of pyridine rings is 1. The van der Waals surface area contributed by atoms with Crippen molar-refractivity contribution >= 4 is 11.6 Å².